The molecule has 0 aromatic carbocycles. The molecule has 0 aromatic rings. The van der Waals surface area contributed by atoms with Gasteiger partial charge in [0, 0.05) is 13.1 Å². The van der Waals surface area contributed by atoms with Gasteiger partial charge in [-0.1, -0.05) is 0 Å². The molecular weight excluding hydrogens is 148 g/mol. The molecule has 0 rings (SSSR count). The molecule has 60 valence electrons. The van der Waals surface area contributed by atoms with Crippen LogP contribution >= 0.6 is 11.8 Å². The zero-order valence-electron chi connectivity index (χ0n) is 6.44. The summed E-state index contributed by atoms with van der Waals surface area (Å²) in [6.07, 6.45) is 1.91. The minimum atomic E-state index is 0.114. The summed E-state index contributed by atoms with van der Waals surface area (Å²) in [4.78, 5) is 10.8. The molecule has 0 aliphatic carbocycles. The molecule has 4 heteroatoms. The van der Waals surface area contributed by atoms with Gasteiger partial charge in [0.15, 0.2) is 0 Å². The van der Waals surface area contributed by atoms with Crippen molar-refractivity contribution in [3.63, 3.8) is 0 Å². The summed E-state index contributed by atoms with van der Waals surface area (Å²) < 4.78 is 0. The molecule has 3 nitrogen and oxygen atoms in total. The number of carbonyl (C=O) groups excluding carboxylic acids is 1. The monoisotopic (exact) mass is 162 g/mol. The fourth-order valence-electron chi connectivity index (χ4n) is 0.509. The van der Waals surface area contributed by atoms with Crippen LogP contribution in [0.5, 0.6) is 0 Å². The van der Waals surface area contributed by atoms with Crippen molar-refractivity contribution < 1.29 is 4.79 Å². The van der Waals surface area contributed by atoms with Crippen molar-refractivity contribution in [1.29, 1.82) is 0 Å². The van der Waals surface area contributed by atoms with Crippen LogP contribution in [0, 0.1) is 0 Å². The highest BCUT2D eigenvalue weighted by Gasteiger charge is 1.95. The molecule has 10 heavy (non-hydrogen) atoms. The van der Waals surface area contributed by atoms with Gasteiger partial charge in [0.05, 0.1) is 5.75 Å². The number of rotatable bonds is 5. The summed E-state index contributed by atoms with van der Waals surface area (Å²) >= 11 is 1.54. The molecule has 0 spiro atoms. The highest BCUT2D eigenvalue weighted by molar-refractivity contribution is 7.99. The summed E-state index contributed by atoms with van der Waals surface area (Å²) in [6.45, 7) is 1.55. The Bertz CT molecular complexity index is 97.7. The summed E-state index contributed by atoms with van der Waals surface area (Å²) in [5.74, 6) is 0.673. The van der Waals surface area contributed by atoms with Crippen molar-refractivity contribution in [3.05, 3.63) is 0 Å². The van der Waals surface area contributed by atoms with Crippen LogP contribution in [0.1, 0.15) is 0 Å². The number of likely N-dealkylation sites (N-methyl/N-ethyl adjacent to an activating group) is 1. The fourth-order valence-corrected chi connectivity index (χ4v) is 0.873. The number of amides is 1. The standard InChI is InChI=1S/C6H14N2OS/c1-7-3-4-8-6(9)5-10-2/h7H,3-5H2,1-2H3,(H,8,9). The Morgan fingerprint density at radius 3 is 2.70 bits per heavy atom. The van der Waals surface area contributed by atoms with Crippen LogP contribution in [-0.4, -0.2) is 38.1 Å². The van der Waals surface area contributed by atoms with E-state index in [1.165, 1.54) is 11.8 Å². The average molecular weight is 162 g/mol. The molecule has 0 atom stereocenters. The van der Waals surface area contributed by atoms with E-state index in [9.17, 15) is 4.79 Å². The number of carbonyl (C=O) groups is 1. The highest BCUT2D eigenvalue weighted by Crippen LogP contribution is 1.88. The zero-order chi connectivity index (χ0) is 7.82. The summed E-state index contributed by atoms with van der Waals surface area (Å²) in [6, 6.07) is 0. The van der Waals surface area contributed by atoms with Gasteiger partial charge in [0.2, 0.25) is 5.91 Å². The van der Waals surface area contributed by atoms with Crippen LogP contribution < -0.4 is 10.6 Å². The number of thioether (sulfide) groups is 1. The van der Waals surface area contributed by atoms with Crippen molar-refractivity contribution in [2.45, 2.75) is 0 Å². The lowest BCUT2D eigenvalue weighted by molar-refractivity contribution is -0.118. The molecule has 2 N–H and O–H groups in total. The fraction of sp³-hybridized carbons (Fsp3) is 0.833. The van der Waals surface area contributed by atoms with Crippen LogP contribution in [0.4, 0.5) is 0 Å². The highest BCUT2D eigenvalue weighted by atomic mass is 32.2. The molecule has 0 bridgehead atoms. The van der Waals surface area contributed by atoms with Gasteiger partial charge in [-0.15, -0.1) is 0 Å². The van der Waals surface area contributed by atoms with Crippen LogP contribution in [0.25, 0.3) is 0 Å². The summed E-state index contributed by atoms with van der Waals surface area (Å²) in [7, 11) is 1.86. The number of hydrogen-bond acceptors (Lipinski definition) is 3. The van der Waals surface area contributed by atoms with Crippen molar-refractivity contribution >= 4 is 17.7 Å². The van der Waals surface area contributed by atoms with E-state index >= 15 is 0 Å². The predicted octanol–water partition coefficient (Wildman–Crippen LogP) is -0.315. The average Bonchev–Trinajstić information content (AvgIpc) is 1.89. The Kier molecular flexibility index (Phi) is 6.74. The minimum Gasteiger partial charge on any atom is -0.354 e. The van der Waals surface area contributed by atoms with Gasteiger partial charge in [0.1, 0.15) is 0 Å². The van der Waals surface area contributed by atoms with E-state index in [2.05, 4.69) is 10.6 Å². The van der Waals surface area contributed by atoms with Crippen LogP contribution in [0.2, 0.25) is 0 Å². The maximum atomic E-state index is 10.8. The summed E-state index contributed by atoms with van der Waals surface area (Å²) in [5.41, 5.74) is 0. The van der Waals surface area contributed by atoms with E-state index in [0.29, 0.717) is 5.75 Å². The van der Waals surface area contributed by atoms with E-state index in [0.717, 1.165) is 13.1 Å². The third-order valence-corrected chi connectivity index (χ3v) is 1.52. The molecule has 0 aliphatic rings. The Labute approximate surface area is 65.9 Å². The van der Waals surface area contributed by atoms with Crippen molar-refractivity contribution in [2.75, 3.05) is 32.1 Å². The topological polar surface area (TPSA) is 41.1 Å². The first-order valence-electron chi connectivity index (χ1n) is 3.21. The maximum absolute atomic E-state index is 10.8. The van der Waals surface area contributed by atoms with Crippen molar-refractivity contribution in [2.24, 2.45) is 0 Å². The third kappa shape index (κ3) is 5.91. The smallest absolute Gasteiger partial charge is 0.230 e. The lowest BCUT2D eigenvalue weighted by Crippen LogP contribution is -2.31. The second-order valence-corrected chi connectivity index (χ2v) is 2.75. The van der Waals surface area contributed by atoms with Gasteiger partial charge < -0.3 is 10.6 Å². The van der Waals surface area contributed by atoms with Gasteiger partial charge in [0.25, 0.3) is 0 Å². The molecular formula is C6H14N2OS. The molecule has 0 radical (unpaired) electrons. The van der Waals surface area contributed by atoms with Gasteiger partial charge in [-0.05, 0) is 13.3 Å². The lowest BCUT2D eigenvalue weighted by atomic mass is 10.6. The Hall–Kier alpha value is -0.220. The summed E-state index contributed by atoms with van der Waals surface area (Å²) in [5, 5.41) is 5.71. The SMILES string of the molecule is CNCCNC(=O)CSC. The molecule has 0 fully saturated rings. The van der Waals surface area contributed by atoms with E-state index in [1.807, 2.05) is 13.3 Å². The Morgan fingerprint density at radius 1 is 1.50 bits per heavy atom. The second-order valence-electron chi connectivity index (χ2n) is 1.89. The van der Waals surface area contributed by atoms with Crippen molar-refractivity contribution in [1.82, 2.24) is 10.6 Å². The third-order valence-electron chi connectivity index (χ3n) is 0.973. The molecule has 0 aliphatic heterocycles. The quantitative estimate of drug-likeness (QED) is 0.545. The van der Waals surface area contributed by atoms with Gasteiger partial charge in [-0.3, -0.25) is 4.79 Å². The van der Waals surface area contributed by atoms with Gasteiger partial charge in [-0.25, -0.2) is 0 Å². The second kappa shape index (κ2) is 6.89. The number of hydrogen-bond donors (Lipinski definition) is 2. The molecule has 0 heterocycles. The van der Waals surface area contributed by atoms with Crippen LogP contribution in [0.15, 0.2) is 0 Å². The Balaban J connectivity index is 3.05. The maximum Gasteiger partial charge on any atom is 0.230 e. The first-order chi connectivity index (χ1) is 4.81. The van der Waals surface area contributed by atoms with Gasteiger partial charge >= 0.3 is 0 Å². The van der Waals surface area contributed by atoms with E-state index < -0.39 is 0 Å². The van der Waals surface area contributed by atoms with E-state index in [1.54, 1.807) is 0 Å². The largest absolute Gasteiger partial charge is 0.354 e. The van der Waals surface area contributed by atoms with E-state index in [4.69, 9.17) is 0 Å². The molecule has 1 amide bonds. The predicted molar refractivity (Wildman–Crippen MR) is 45.3 cm³/mol. The molecule has 0 saturated carbocycles. The first-order valence-corrected chi connectivity index (χ1v) is 4.61. The first kappa shape index (κ1) is 9.78. The molecule has 0 aromatic heterocycles. The minimum absolute atomic E-state index is 0.114. The van der Waals surface area contributed by atoms with Crippen LogP contribution in [0.3, 0.4) is 0 Å². The lowest BCUT2D eigenvalue weighted by Gasteiger charge is -2.01. The molecule has 0 saturated heterocycles. The van der Waals surface area contributed by atoms with Crippen molar-refractivity contribution in [3.8, 4) is 0 Å². The Morgan fingerprint density at radius 2 is 2.20 bits per heavy atom. The van der Waals surface area contributed by atoms with Gasteiger partial charge in [-0.2, -0.15) is 11.8 Å². The van der Waals surface area contributed by atoms with Crippen LogP contribution in [-0.2, 0) is 4.79 Å². The normalized spacial score (nSPS) is 9.40. The zero-order valence-corrected chi connectivity index (χ0v) is 7.25. The molecule has 0 unspecified atom stereocenters. The van der Waals surface area contributed by atoms with E-state index in [-0.39, 0.29) is 5.91 Å². The number of nitrogens with one attached hydrogen (secondary N) is 2.